The van der Waals surface area contributed by atoms with E-state index in [1.54, 1.807) is 25.4 Å². The van der Waals surface area contributed by atoms with Gasteiger partial charge >= 0.3 is 0 Å². The lowest BCUT2D eigenvalue weighted by Gasteiger charge is -2.10. The molecule has 0 aliphatic rings. The second kappa shape index (κ2) is 7.55. The Hall–Kier alpha value is -2.24. The summed E-state index contributed by atoms with van der Waals surface area (Å²) < 4.78 is 5.18. The molecule has 3 rings (SSSR count). The van der Waals surface area contributed by atoms with Crippen LogP contribution in [-0.4, -0.2) is 23.8 Å². The van der Waals surface area contributed by atoms with Crippen molar-refractivity contribution in [2.75, 3.05) is 18.2 Å². The number of hydrogen-bond donors (Lipinski definition) is 1. The number of nitrogens with zero attached hydrogens (tertiary/aromatic N) is 1. The van der Waals surface area contributed by atoms with Crippen molar-refractivity contribution >= 4 is 45.9 Å². The van der Waals surface area contributed by atoms with Gasteiger partial charge in [-0.1, -0.05) is 35.9 Å². The molecular formula is C18H15ClN2O2S. The summed E-state index contributed by atoms with van der Waals surface area (Å²) in [6.45, 7) is 0. The maximum absolute atomic E-state index is 12.2. The highest BCUT2D eigenvalue weighted by Crippen LogP contribution is 2.33. The minimum Gasteiger partial charge on any atom is -0.493 e. The highest BCUT2D eigenvalue weighted by molar-refractivity contribution is 8.00. The van der Waals surface area contributed by atoms with Crippen LogP contribution in [0.15, 0.2) is 59.6 Å². The van der Waals surface area contributed by atoms with E-state index < -0.39 is 0 Å². The van der Waals surface area contributed by atoms with Crippen LogP contribution in [0.1, 0.15) is 0 Å². The van der Waals surface area contributed by atoms with Crippen molar-refractivity contribution in [3.8, 4) is 5.75 Å². The zero-order valence-electron chi connectivity index (χ0n) is 13.0. The van der Waals surface area contributed by atoms with Gasteiger partial charge in [-0.05, 0) is 29.7 Å². The number of halogens is 1. The maximum atomic E-state index is 12.2. The summed E-state index contributed by atoms with van der Waals surface area (Å²) in [7, 11) is 1.54. The largest absolute Gasteiger partial charge is 0.493 e. The van der Waals surface area contributed by atoms with Gasteiger partial charge < -0.3 is 10.1 Å². The zero-order chi connectivity index (χ0) is 16.9. The predicted molar refractivity (Wildman–Crippen MR) is 99.1 cm³/mol. The number of pyridine rings is 1. The number of thioether (sulfide) groups is 1. The summed E-state index contributed by atoms with van der Waals surface area (Å²) in [5.41, 5.74) is 0. The van der Waals surface area contributed by atoms with Crippen LogP contribution in [0.5, 0.6) is 5.75 Å². The number of aromatic nitrogens is 1. The molecule has 24 heavy (non-hydrogen) atoms. The highest BCUT2D eigenvalue weighted by atomic mass is 35.5. The van der Waals surface area contributed by atoms with E-state index in [0.29, 0.717) is 16.6 Å². The van der Waals surface area contributed by atoms with Gasteiger partial charge in [0.1, 0.15) is 0 Å². The molecule has 0 spiro atoms. The number of nitrogens with one attached hydrogen (secondary N) is 1. The van der Waals surface area contributed by atoms with E-state index in [2.05, 4.69) is 10.3 Å². The van der Waals surface area contributed by atoms with Crippen molar-refractivity contribution in [2.45, 2.75) is 4.90 Å². The van der Waals surface area contributed by atoms with Gasteiger partial charge in [0, 0.05) is 21.5 Å². The van der Waals surface area contributed by atoms with Crippen LogP contribution >= 0.6 is 23.4 Å². The van der Waals surface area contributed by atoms with Gasteiger partial charge in [-0.2, -0.15) is 0 Å². The quantitative estimate of drug-likeness (QED) is 0.676. The molecule has 3 aromatic rings. The van der Waals surface area contributed by atoms with E-state index in [-0.39, 0.29) is 11.7 Å². The molecule has 0 saturated carbocycles. The molecule has 6 heteroatoms. The number of anilines is 1. The van der Waals surface area contributed by atoms with Crippen LogP contribution in [0.4, 0.5) is 5.82 Å². The molecule has 122 valence electrons. The van der Waals surface area contributed by atoms with Crippen LogP contribution < -0.4 is 10.1 Å². The number of ether oxygens (including phenoxy) is 1. The SMILES string of the molecule is COc1cccnc1NC(=O)CSc1cccc2cccc(Cl)c12. The summed E-state index contributed by atoms with van der Waals surface area (Å²) >= 11 is 7.75. The van der Waals surface area contributed by atoms with E-state index in [9.17, 15) is 4.79 Å². The van der Waals surface area contributed by atoms with Gasteiger partial charge in [0.2, 0.25) is 5.91 Å². The molecule has 1 N–H and O–H groups in total. The third-order valence-corrected chi connectivity index (χ3v) is 4.80. The molecule has 1 heterocycles. The van der Waals surface area contributed by atoms with Crippen LogP contribution in [0.25, 0.3) is 10.8 Å². The molecular weight excluding hydrogens is 344 g/mol. The van der Waals surface area contributed by atoms with Crippen molar-refractivity contribution in [3.63, 3.8) is 0 Å². The lowest BCUT2D eigenvalue weighted by Crippen LogP contribution is -2.15. The molecule has 2 aromatic carbocycles. The smallest absolute Gasteiger partial charge is 0.235 e. The summed E-state index contributed by atoms with van der Waals surface area (Å²) in [5, 5.41) is 5.47. The number of rotatable bonds is 5. The van der Waals surface area contributed by atoms with Gasteiger partial charge in [0.05, 0.1) is 12.9 Å². The first kappa shape index (κ1) is 16.6. The average Bonchev–Trinajstić information content (AvgIpc) is 2.60. The van der Waals surface area contributed by atoms with Gasteiger partial charge in [-0.3, -0.25) is 4.79 Å². The predicted octanol–water partition coefficient (Wildman–Crippen LogP) is 4.63. The second-order valence-corrected chi connectivity index (χ2v) is 6.41. The van der Waals surface area contributed by atoms with Crippen LogP contribution in [-0.2, 0) is 4.79 Å². The Balaban J connectivity index is 1.73. The zero-order valence-corrected chi connectivity index (χ0v) is 14.5. The van der Waals surface area contributed by atoms with Crippen molar-refractivity contribution in [1.82, 2.24) is 4.98 Å². The van der Waals surface area contributed by atoms with Crippen molar-refractivity contribution < 1.29 is 9.53 Å². The van der Waals surface area contributed by atoms with Gasteiger partial charge in [0.25, 0.3) is 0 Å². The molecule has 1 amide bonds. The number of carbonyl (C=O) groups excluding carboxylic acids is 1. The number of carbonyl (C=O) groups is 1. The highest BCUT2D eigenvalue weighted by Gasteiger charge is 2.11. The molecule has 0 radical (unpaired) electrons. The fraction of sp³-hybridized carbons (Fsp3) is 0.111. The van der Waals surface area contributed by atoms with E-state index in [4.69, 9.17) is 16.3 Å². The Bertz CT molecular complexity index is 881. The topological polar surface area (TPSA) is 51.2 Å². The molecule has 0 fully saturated rings. The minimum atomic E-state index is -0.152. The van der Waals surface area contributed by atoms with Gasteiger partial charge in [-0.25, -0.2) is 4.98 Å². The summed E-state index contributed by atoms with van der Waals surface area (Å²) in [6.07, 6.45) is 1.61. The molecule has 0 aliphatic carbocycles. The van der Waals surface area contributed by atoms with E-state index in [1.165, 1.54) is 11.8 Å². The van der Waals surface area contributed by atoms with Crippen LogP contribution in [0.3, 0.4) is 0 Å². The standard InChI is InChI=1S/C18H15ClN2O2S/c1-23-14-8-4-10-20-18(14)21-16(22)11-24-15-9-3-6-12-5-2-7-13(19)17(12)15/h2-10H,11H2,1H3,(H,20,21,22). The van der Waals surface area contributed by atoms with Crippen molar-refractivity contribution in [1.29, 1.82) is 0 Å². The Morgan fingerprint density at radius 1 is 1.21 bits per heavy atom. The third-order valence-electron chi connectivity index (χ3n) is 3.42. The lowest BCUT2D eigenvalue weighted by molar-refractivity contribution is -0.113. The molecule has 0 aliphatic heterocycles. The summed E-state index contributed by atoms with van der Waals surface area (Å²) in [4.78, 5) is 17.3. The average molecular weight is 359 g/mol. The first-order chi connectivity index (χ1) is 11.7. The molecule has 0 saturated heterocycles. The molecule has 0 atom stereocenters. The number of fused-ring (bicyclic) bond motifs is 1. The first-order valence-corrected chi connectivity index (χ1v) is 8.64. The van der Waals surface area contributed by atoms with E-state index in [1.807, 2.05) is 36.4 Å². The Kier molecular flexibility index (Phi) is 5.23. The van der Waals surface area contributed by atoms with Crippen molar-refractivity contribution in [2.24, 2.45) is 0 Å². The third kappa shape index (κ3) is 3.63. The van der Waals surface area contributed by atoms with Crippen LogP contribution in [0, 0.1) is 0 Å². The number of hydrogen-bond acceptors (Lipinski definition) is 4. The normalized spacial score (nSPS) is 10.6. The first-order valence-electron chi connectivity index (χ1n) is 7.28. The molecule has 4 nitrogen and oxygen atoms in total. The Morgan fingerprint density at radius 2 is 2.00 bits per heavy atom. The lowest BCUT2D eigenvalue weighted by atomic mass is 10.1. The van der Waals surface area contributed by atoms with E-state index >= 15 is 0 Å². The van der Waals surface area contributed by atoms with Crippen LogP contribution in [0.2, 0.25) is 5.02 Å². The number of methoxy groups -OCH3 is 1. The summed E-state index contributed by atoms with van der Waals surface area (Å²) in [5.74, 6) is 1.05. The minimum absolute atomic E-state index is 0.152. The second-order valence-electron chi connectivity index (χ2n) is 4.99. The fourth-order valence-electron chi connectivity index (χ4n) is 2.34. The summed E-state index contributed by atoms with van der Waals surface area (Å²) in [6, 6.07) is 15.2. The van der Waals surface area contributed by atoms with Gasteiger partial charge in [0.15, 0.2) is 11.6 Å². The number of amides is 1. The van der Waals surface area contributed by atoms with E-state index in [0.717, 1.165) is 15.7 Å². The Morgan fingerprint density at radius 3 is 2.79 bits per heavy atom. The Labute approximate surface area is 149 Å². The maximum Gasteiger partial charge on any atom is 0.235 e. The van der Waals surface area contributed by atoms with Crippen molar-refractivity contribution in [3.05, 3.63) is 59.8 Å². The van der Waals surface area contributed by atoms with Gasteiger partial charge in [-0.15, -0.1) is 11.8 Å². The molecule has 0 bridgehead atoms. The fourth-order valence-corrected chi connectivity index (χ4v) is 3.59. The molecule has 0 unspecified atom stereocenters. The number of benzene rings is 2. The monoisotopic (exact) mass is 358 g/mol. The molecule has 1 aromatic heterocycles.